The largest absolute Gasteiger partial charge is 0.351 e. The van der Waals surface area contributed by atoms with E-state index in [1.54, 1.807) is 0 Å². The van der Waals surface area contributed by atoms with Gasteiger partial charge in [0.2, 0.25) is 0 Å². The van der Waals surface area contributed by atoms with Crippen molar-refractivity contribution in [1.82, 2.24) is 14.6 Å². The van der Waals surface area contributed by atoms with Gasteiger partial charge in [0.1, 0.15) is 5.52 Å². The summed E-state index contributed by atoms with van der Waals surface area (Å²) in [6.07, 6.45) is 8.83. The Balaban J connectivity index is 2.03. The molecule has 0 N–H and O–H groups in total. The SMILES string of the molecule is Cc1cc2c(N(CCCl)C3CCCC3)nccn2n1. The Morgan fingerprint density at radius 3 is 2.95 bits per heavy atom. The van der Waals surface area contributed by atoms with Crippen LogP contribution in [0.15, 0.2) is 18.5 Å². The zero-order chi connectivity index (χ0) is 13.2. The summed E-state index contributed by atoms with van der Waals surface area (Å²) in [4.78, 5) is 6.96. The number of halogens is 1. The zero-order valence-electron chi connectivity index (χ0n) is 11.2. The Hall–Kier alpha value is -1.29. The fourth-order valence-electron chi connectivity index (χ4n) is 3.02. The average molecular weight is 279 g/mol. The summed E-state index contributed by atoms with van der Waals surface area (Å²) in [5.74, 6) is 1.66. The van der Waals surface area contributed by atoms with Crippen molar-refractivity contribution in [2.45, 2.75) is 38.6 Å². The molecule has 2 heterocycles. The predicted molar refractivity (Wildman–Crippen MR) is 78.0 cm³/mol. The summed E-state index contributed by atoms with van der Waals surface area (Å²) in [5, 5.41) is 4.46. The molecule has 0 aliphatic heterocycles. The van der Waals surface area contributed by atoms with Crippen LogP contribution in [-0.4, -0.2) is 33.1 Å². The lowest BCUT2D eigenvalue weighted by molar-refractivity contribution is 0.615. The summed E-state index contributed by atoms with van der Waals surface area (Å²) in [7, 11) is 0. The van der Waals surface area contributed by atoms with Gasteiger partial charge in [-0.1, -0.05) is 12.8 Å². The molecule has 0 spiro atoms. The molecule has 0 bridgehead atoms. The molecule has 0 unspecified atom stereocenters. The van der Waals surface area contributed by atoms with E-state index in [0.29, 0.717) is 11.9 Å². The van der Waals surface area contributed by atoms with Gasteiger partial charge in [-0.05, 0) is 25.8 Å². The van der Waals surface area contributed by atoms with Crippen molar-refractivity contribution >= 4 is 22.9 Å². The van der Waals surface area contributed by atoms with Crippen LogP contribution in [0, 0.1) is 6.92 Å². The number of nitrogens with zero attached hydrogens (tertiary/aromatic N) is 4. The molecule has 19 heavy (non-hydrogen) atoms. The van der Waals surface area contributed by atoms with E-state index >= 15 is 0 Å². The van der Waals surface area contributed by atoms with Crippen molar-refractivity contribution in [2.75, 3.05) is 17.3 Å². The first-order valence-corrected chi connectivity index (χ1v) is 7.46. The van der Waals surface area contributed by atoms with Crippen LogP contribution in [0.5, 0.6) is 0 Å². The van der Waals surface area contributed by atoms with Crippen molar-refractivity contribution in [1.29, 1.82) is 0 Å². The fourth-order valence-corrected chi connectivity index (χ4v) is 3.20. The zero-order valence-corrected chi connectivity index (χ0v) is 12.0. The smallest absolute Gasteiger partial charge is 0.154 e. The molecule has 5 heteroatoms. The second-order valence-corrected chi connectivity index (χ2v) is 5.56. The van der Waals surface area contributed by atoms with Crippen molar-refractivity contribution in [3.8, 4) is 0 Å². The van der Waals surface area contributed by atoms with Crippen LogP contribution in [0.4, 0.5) is 5.82 Å². The predicted octanol–water partition coefficient (Wildman–Crippen LogP) is 3.03. The third-order valence-electron chi connectivity index (χ3n) is 3.85. The third-order valence-corrected chi connectivity index (χ3v) is 4.02. The Morgan fingerprint density at radius 1 is 1.42 bits per heavy atom. The molecule has 0 radical (unpaired) electrons. The van der Waals surface area contributed by atoms with Crippen molar-refractivity contribution in [2.24, 2.45) is 0 Å². The minimum atomic E-state index is 0.577. The van der Waals surface area contributed by atoms with Gasteiger partial charge in [0.25, 0.3) is 0 Å². The monoisotopic (exact) mass is 278 g/mol. The number of hydrogen-bond donors (Lipinski definition) is 0. The number of anilines is 1. The highest BCUT2D eigenvalue weighted by atomic mass is 35.5. The molecule has 1 saturated carbocycles. The Kier molecular flexibility index (Phi) is 3.60. The van der Waals surface area contributed by atoms with Crippen molar-refractivity contribution < 1.29 is 0 Å². The van der Waals surface area contributed by atoms with Crippen molar-refractivity contribution in [3.63, 3.8) is 0 Å². The minimum Gasteiger partial charge on any atom is -0.351 e. The molecule has 3 rings (SSSR count). The van der Waals surface area contributed by atoms with Crippen LogP contribution >= 0.6 is 11.6 Å². The van der Waals surface area contributed by atoms with E-state index in [4.69, 9.17) is 11.6 Å². The van der Waals surface area contributed by atoms with Gasteiger partial charge in [0, 0.05) is 30.9 Å². The lowest BCUT2D eigenvalue weighted by Gasteiger charge is -2.29. The molecule has 1 aliphatic carbocycles. The Morgan fingerprint density at radius 2 is 2.21 bits per heavy atom. The normalized spacial score (nSPS) is 16.3. The molecule has 4 nitrogen and oxygen atoms in total. The van der Waals surface area contributed by atoms with Gasteiger partial charge in [-0.15, -0.1) is 11.6 Å². The van der Waals surface area contributed by atoms with Crippen LogP contribution in [0.2, 0.25) is 0 Å². The molecule has 0 atom stereocenters. The number of alkyl halides is 1. The van der Waals surface area contributed by atoms with Crippen molar-refractivity contribution in [3.05, 3.63) is 24.2 Å². The van der Waals surface area contributed by atoms with E-state index in [1.807, 2.05) is 23.8 Å². The first-order valence-electron chi connectivity index (χ1n) is 6.93. The minimum absolute atomic E-state index is 0.577. The molecular weight excluding hydrogens is 260 g/mol. The number of rotatable bonds is 4. The quantitative estimate of drug-likeness (QED) is 0.806. The lowest BCUT2D eigenvalue weighted by atomic mass is 10.2. The van der Waals surface area contributed by atoms with Crippen LogP contribution in [0.3, 0.4) is 0 Å². The molecule has 1 fully saturated rings. The summed E-state index contributed by atoms with van der Waals surface area (Å²) >= 11 is 5.99. The van der Waals surface area contributed by atoms with Gasteiger partial charge >= 0.3 is 0 Å². The Labute approximate surface area is 118 Å². The summed E-state index contributed by atoms with van der Waals surface area (Å²) in [5.41, 5.74) is 2.10. The highest BCUT2D eigenvalue weighted by Crippen LogP contribution is 2.29. The van der Waals surface area contributed by atoms with Gasteiger partial charge in [0.05, 0.1) is 5.69 Å². The van der Waals surface area contributed by atoms with E-state index in [0.717, 1.165) is 23.6 Å². The summed E-state index contributed by atoms with van der Waals surface area (Å²) in [6.45, 7) is 2.86. The molecule has 0 saturated heterocycles. The molecule has 2 aromatic rings. The number of hydrogen-bond acceptors (Lipinski definition) is 3. The molecule has 1 aliphatic rings. The highest BCUT2D eigenvalue weighted by molar-refractivity contribution is 6.18. The van der Waals surface area contributed by atoms with Crippen LogP contribution in [-0.2, 0) is 0 Å². The maximum Gasteiger partial charge on any atom is 0.154 e. The van der Waals surface area contributed by atoms with E-state index in [9.17, 15) is 0 Å². The Bertz CT molecular complexity index is 560. The van der Waals surface area contributed by atoms with Crippen LogP contribution in [0.1, 0.15) is 31.4 Å². The summed E-state index contributed by atoms with van der Waals surface area (Å²) < 4.78 is 1.91. The first-order chi connectivity index (χ1) is 9.29. The van der Waals surface area contributed by atoms with Crippen LogP contribution in [0.25, 0.3) is 5.52 Å². The third kappa shape index (κ3) is 2.41. The van der Waals surface area contributed by atoms with E-state index in [-0.39, 0.29) is 0 Å². The molecular formula is C14H19ClN4. The van der Waals surface area contributed by atoms with E-state index in [2.05, 4.69) is 21.0 Å². The second-order valence-electron chi connectivity index (χ2n) is 5.19. The topological polar surface area (TPSA) is 33.4 Å². The summed E-state index contributed by atoms with van der Waals surface area (Å²) in [6, 6.07) is 2.67. The maximum atomic E-state index is 5.99. The van der Waals surface area contributed by atoms with E-state index < -0.39 is 0 Å². The maximum absolute atomic E-state index is 5.99. The van der Waals surface area contributed by atoms with Gasteiger partial charge < -0.3 is 4.90 Å². The number of aryl methyl sites for hydroxylation is 1. The molecule has 0 aromatic carbocycles. The van der Waals surface area contributed by atoms with Gasteiger partial charge in [-0.3, -0.25) is 0 Å². The first kappa shape index (κ1) is 12.7. The standard InChI is InChI=1S/C14H19ClN4/c1-11-10-13-14(16-7-9-19(13)17-11)18(8-6-15)12-4-2-3-5-12/h7,9-10,12H,2-6,8H2,1H3. The molecule has 102 valence electrons. The average Bonchev–Trinajstić information content (AvgIpc) is 3.03. The van der Waals surface area contributed by atoms with E-state index in [1.165, 1.54) is 25.7 Å². The molecule has 0 amide bonds. The lowest BCUT2D eigenvalue weighted by Crippen LogP contribution is -2.35. The second kappa shape index (κ2) is 5.37. The van der Waals surface area contributed by atoms with Gasteiger partial charge in [0.15, 0.2) is 5.82 Å². The van der Waals surface area contributed by atoms with Crippen LogP contribution < -0.4 is 4.90 Å². The fraction of sp³-hybridized carbons (Fsp3) is 0.571. The molecule has 2 aromatic heterocycles. The highest BCUT2D eigenvalue weighted by Gasteiger charge is 2.25. The number of fused-ring (bicyclic) bond motifs is 1. The number of aromatic nitrogens is 3. The van der Waals surface area contributed by atoms with Gasteiger partial charge in [-0.2, -0.15) is 5.10 Å². The van der Waals surface area contributed by atoms with Gasteiger partial charge in [-0.25, -0.2) is 9.50 Å².